The summed E-state index contributed by atoms with van der Waals surface area (Å²) in [6, 6.07) is 53.8. The molecule has 40 heavy (non-hydrogen) atoms. The Morgan fingerprint density at radius 1 is 0.400 bits per heavy atom. The molecule has 0 atom stereocenters. The molecule has 2 nitrogen and oxygen atoms in total. The predicted molar refractivity (Wildman–Crippen MR) is 169 cm³/mol. The number of fused-ring (bicyclic) bond motifs is 6. The molecule has 0 saturated heterocycles. The van der Waals surface area contributed by atoms with Crippen molar-refractivity contribution in [2.75, 3.05) is 4.90 Å². The van der Waals surface area contributed by atoms with Crippen LogP contribution in [0, 0.1) is 0 Å². The molecular weight excluding hydrogens is 486 g/mol. The molecule has 0 N–H and O–H groups in total. The smallest absolute Gasteiger partial charge is 0.143 e. The molecule has 8 aromatic rings. The summed E-state index contributed by atoms with van der Waals surface area (Å²) in [5, 5.41) is 6.98. The van der Waals surface area contributed by atoms with Crippen LogP contribution in [0.5, 0.6) is 0 Å². The van der Waals surface area contributed by atoms with Crippen LogP contribution in [-0.2, 0) is 0 Å². The van der Waals surface area contributed by atoms with Crippen molar-refractivity contribution in [1.29, 1.82) is 0 Å². The quantitative estimate of drug-likeness (QED) is 0.234. The Bertz CT molecular complexity index is 2170. The van der Waals surface area contributed by atoms with Crippen LogP contribution in [0.1, 0.15) is 0 Å². The highest BCUT2D eigenvalue weighted by Crippen LogP contribution is 2.43. The second-order valence-electron chi connectivity index (χ2n) is 10.2. The van der Waals surface area contributed by atoms with E-state index in [-0.39, 0.29) is 0 Å². The number of rotatable bonds is 4. The van der Waals surface area contributed by atoms with Gasteiger partial charge in [-0.15, -0.1) is 0 Å². The molecule has 0 aliphatic carbocycles. The van der Waals surface area contributed by atoms with Crippen molar-refractivity contribution in [2.45, 2.75) is 0 Å². The van der Waals surface area contributed by atoms with Gasteiger partial charge < -0.3 is 9.32 Å². The van der Waals surface area contributed by atoms with E-state index in [9.17, 15) is 0 Å². The zero-order valence-electron chi connectivity index (χ0n) is 21.8. The van der Waals surface area contributed by atoms with Crippen LogP contribution in [-0.4, -0.2) is 0 Å². The van der Waals surface area contributed by atoms with Crippen LogP contribution < -0.4 is 4.90 Å². The summed E-state index contributed by atoms with van der Waals surface area (Å²) >= 11 is 0. The summed E-state index contributed by atoms with van der Waals surface area (Å²) in [6.45, 7) is 0. The first-order valence-electron chi connectivity index (χ1n) is 13.6. The number of para-hydroxylation sites is 1. The molecule has 0 saturated carbocycles. The number of hydrogen-bond acceptors (Lipinski definition) is 2. The van der Waals surface area contributed by atoms with Gasteiger partial charge in [0.15, 0.2) is 0 Å². The second kappa shape index (κ2) is 9.14. The fraction of sp³-hybridized carbons (Fsp3) is 0. The molecule has 0 aliphatic heterocycles. The van der Waals surface area contributed by atoms with E-state index in [0.717, 1.165) is 49.8 Å². The predicted octanol–water partition coefficient (Wildman–Crippen LogP) is 11.0. The van der Waals surface area contributed by atoms with Gasteiger partial charge in [0.05, 0.1) is 5.69 Å². The molecule has 0 unspecified atom stereocenters. The third kappa shape index (κ3) is 3.65. The molecule has 1 heterocycles. The molecule has 2 heteroatoms. The van der Waals surface area contributed by atoms with Crippen LogP contribution in [0.2, 0.25) is 0 Å². The molecule has 188 valence electrons. The maximum absolute atomic E-state index is 6.43. The SMILES string of the molecule is c1ccc(-c2cccc(N(c3ccc4ccccc4c3)c3cccc4c3ccc3c5ccccc5oc43)c2)cc1. The Morgan fingerprint density at radius 2 is 1.07 bits per heavy atom. The Kier molecular flexibility index (Phi) is 5.17. The number of furan rings is 1. The summed E-state index contributed by atoms with van der Waals surface area (Å²) < 4.78 is 6.43. The normalized spacial score (nSPS) is 11.5. The lowest BCUT2D eigenvalue weighted by Gasteiger charge is -2.27. The van der Waals surface area contributed by atoms with Crippen LogP contribution in [0.3, 0.4) is 0 Å². The third-order valence-corrected chi connectivity index (χ3v) is 7.82. The number of benzene rings is 7. The summed E-state index contributed by atoms with van der Waals surface area (Å²) in [7, 11) is 0. The second-order valence-corrected chi connectivity index (χ2v) is 10.2. The molecular formula is C38H25NO. The van der Waals surface area contributed by atoms with Crippen LogP contribution in [0.4, 0.5) is 17.1 Å². The van der Waals surface area contributed by atoms with Crippen molar-refractivity contribution in [3.63, 3.8) is 0 Å². The minimum absolute atomic E-state index is 0.914. The number of hydrogen-bond donors (Lipinski definition) is 0. The first kappa shape index (κ1) is 22.6. The molecule has 0 spiro atoms. The summed E-state index contributed by atoms with van der Waals surface area (Å²) in [5.41, 5.74) is 7.55. The lowest BCUT2D eigenvalue weighted by atomic mass is 10.0. The van der Waals surface area contributed by atoms with Crippen LogP contribution in [0.25, 0.3) is 54.6 Å². The molecule has 0 amide bonds. The highest BCUT2D eigenvalue weighted by molar-refractivity contribution is 6.17. The minimum Gasteiger partial charge on any atom is -0.455 e. The summed E-state index contributed by atoms with van der Waals surface area (Å²) in [6.07, 6.45) is 0. The van der Waals surface area contributed by atoms with E-state index in [1.807, 2.05) is 12.1 Å². The van der Waals surface area contributed by atoms with Gasteiger partial charge in [0.25, 0.3) is 0 Å². The van der Waals surface area contributed by atoms with E-state index in [4.69, 9.17) is 4.42 Å². The molecule has 0 radical (unpaired) electrons. The van der Waals surface area contributed by atoms with Gasteiger partial charge in [0, 0.05) is 32.9 Å². The van der Waals surface area contributed by atoms with Crippen molar-refractivity contribution < 1.29 is 4.42 Å². The molecule has 8 rings (SSSR count). The van der Waals surface area contributed by atoms with E-state index in [0.29, 0.717) is 0 Å². The molecule has 0 aliphatic rings. The topological polar surface area (TPSA) is 16.4 Å². The average Bonchev–Trinajstić information content (AvgIpc) is 3.41. The van der Waals surface area contributed by atoms with E-state index < -0.39 is 0 Å². The maximum atomic E-state index is 6.43. The minimum atomic E-state index is 0.914. The lowest BCUT2D eigenvalue weighted by molar-refractivity contribution is 0.672. The van der Waals surface area contributed by atoms with Crippen molar-refractivity contribution in [1.82, 2.24) is 0 Å². The number of anilines is 3. The van der Waals surface area contributed by atoms with Gasteiger partial charge in [0.2, 0.25) is 0 Å². The monoisotopic (exact) mass is 511 g/mol. The highest BCUT2D eigenvalue weighted by atomic mass is 16.3. The molecule has 1 aromatic heterocycles. The Morgan fingerprint density at radius 3 is 2.00 bits per heavy atom. The fourth-order valence-corrected chi connectivity index (χ4v) is 5.92. The molecule has 7 aromatic carbocycles. The Hall–Kier alpha value is -5.34. The van der Waals surface area contributed by atoms with Crippen molar-refractivity contribution in [2.24, 2.45) is 0 Å². The van der Waals surface area contributed by atoms with Crippen LogP contribution in [0.15, 0.2) is 156 Å². The summed E-state index contributed by atoms with van der Waals surface area (Å²) in [4.78, 5) is 2.37. The van der Waals surface area contributed by atoms with Gasteiger partial charge in [-0.05, 0) is 64.4 Å². The van der Waals surface area contributed by atoms with Gasteiger partial charge in [-0.25, -0.2) is 0 Å². The average molecular weight is 512 g/mol. The fourth-order valence-electron chi connectivity index (χ4n) is 5.92. The first-order valence-corrected chi connectivity index (χ1v) is 13.6. The van der Waals surface area contributed by atoms with E-state index >= 15 is 0 Å². The van der Waals surface area contributed by atoms with Gasteiger partial charge in [0.1, 0.15) is 11.2 Å². The van der Waals surface area contributed by atoms with E-state index in [2.05, 4.69) is 144 Å². The maximum Gasteiger partial charge on any atom is 0.143 e. The number of nitrogens with zero attached hydrogens (tertiary/aromatic N) is 1. The van der Waals surface area contributed by atoms with E-state index in [1.54, 1.807) is 0 Å². The van der Waals surface area contributed by atoms with Gasteiger partial charge in [-0.1, -0.05) is 109 Å². The van der Waals surface area contributed by atoms with E-state index in [1.165, 1.54) is 21.9 Å². The summed E-state index contributed by atoms with van der Waals surface area (Å²) in [5.74, 6) is 0. The van der Waals surface area contributed by atoms with Gasteiger partial charge in [-0.2, -0.15) is 0 Å². The molecule has 0 bridgehead atoms. The molecule has 0 fully saturated rings. The Balaban J connectivity index is 1.40. The van der Waals surface area contributed by atoms with Crippen molar-refractivity contribution >= 4 is 60.5 Å². The van der Waals surface area contributed by atoms with Gasteiger partial charge in [-0.3, -0.25) is 0 Å². The Labute approximate surface area is 232 Å². The highest BCUT2D eigenvalue weighted by Gasteiger charge is 2.19. The standard InChI is InChI=1S/C38H25NO/c1-2-10-26(11-3-1)29-14-8-15-30(24-29)39(31-21-20-27-12-4-5-13-28(27)25-31)36-18-9-17-34-32(36)22-23-35-33-16-6-7-19-37(33)40-38(34)35/h1-25H. The van der Waals surface area contributed by atoms with Gasteiger partial charge >= 0.3 is 0 Å². The van der Waals surface area contributed by atoms with Crippen molar-refractivity contribution in [3.8, 4) is 11.1 Å². The largest absolute Gasteiger partial charge is 0.455 e. The zero-order chi connectivity index (χ0) is 26.5. The zero-order valence-corrected chi connectivity index (χ0v) is 21.8. The van der Waals surface area contributed by atoms with Crippen molar-refractivity contribution in [3.05, 3.63) is 152 Å². The third-order valence-electron chi connectivity index (χ3n) is 7.82. The first-order chi connectivity index (χ1) is 19.8. The lowest BCUT2D eigenvalue weighted by Crippen LogP contribution is -2.10. The van der Waals surface area contributed by atoms with Crippen LogP contribution >= 0.6 is 0 Å².